The number of amides is 1. The van der Waals surface area contributed by atoms with Gasteiger partial charge in [0.25, 0.3) is 0 Å². The number of aliphatic imine (C=N–C) groups is 1. The smallest absolute Gasteiger partial charge is 0.367 e. The van der Waals surface area contributed by atoms with Crippen LogP contribution in [0.25, 0.3) is 0 Å². The first-order valence-electron chi connectivity index (χ1n) is 9.69. The third-order valence-corrected chi connectivity index (χ3v) is 4.86. The molecule has 170 valence electrons. The zero-order valence-electron chi connectivity index (χ0n) is 17.3. The van der Waals surface area contributed by atoms with Gasteiger partial charge >= 0.3 is 6.18 Å². The molecule has 0 saturated carbocycles. The van der Waals surface area contributed by atoms with Gasteiger partial charge in [-0.05, 0) is 29.9 Å². The van der Waals surface area contributed by atoms with Gasteiger partial charge in [-0.25, -0.2) is 0 Å². The average Bonchev–Trinajstić information content (AvgIpc) is 2.69. The van der Waals surface area contributed by atoms with Crippen molar-refractivity contribution in [2.45, 2.75) is 38.6 Å². The van der Waals surface area contributed by atoms with E-state index in [9.17, 15) is 18.0 Å². The van der Waals surface area contributed by atoms with Crippen molar-refractivity contribution in [2.24, 2.45) is 10.9 Å². The van der Waals surface area contributed by atoms with Crippen LogP contribution in [0.15, 0.2) is 29.3 Å². The van der Waals surface area contributed by atoms with Gasteiger partial charge in [0.15, 0.2) is 5.96 Å². The number of hydrogen-bond donors (Lipinski definition) is 2. The summed E-state index contributed by atoms with van der Waals surface area (Å²) in [6.45, 7) is 0.830. The van der Waals surface area contributed by atoms with E-state index in [4.69, 9.17) is 4.74 Å². The van der Waals surface area contributed by atoms with E-state index in [2.05, 4.69) is 20.5 Å². The lowest BCUT2D eigenvalue weighted by Gasteiger charge is -2.34. The summed E-state index contributed by atoms with van der Waals surface area (Å²) < 4.78 is 41.3. The van der Waals surface area contributed by atoms with Crippen molar-refractivity contribution in [1.82, 2.24) is 15.5 Å². The number of piperidine rings is 1. The molecular formula is C20H30F3IN4O2. The first kappa shape index (κ1) is 26.5. The summed E-state index contributed by atoms with van der Waals surface area (Å²) in [6.07, 6.45) is -1.90. The van der Waals surface area contributed by atoms with Crippen LogP contribution in [0.1, 0.15) is 30.4 Å². The van der Waals surface area contributed by atoms with Crippen molar-refractivity contribution in [2.75, 3.05) is 33.8 Å². The molecule has 1 aliphatic heterocycles. The Morgan fingerprint density at radius 3 is 2.53 bits per heavy atom. The highest BCUT2D eigenvalue weighted by Gasteiger charge is 2.27. The van der Waals surface area contributed by atoms with Crippen molar-refractivity contribution < 1.29 is 22.7 Å². The van der Waals surface area contributed by atoms with E-state index in [1.165, 1.54) is 0 Å². The van der Waals surface area contributed by atoms with Crippen molar-refractivity contribution in [1.29, 1.82) is 0 Å². The lowest BCUT2D eigenvalue weighted by molar-refractivity contribution is -0.176. The van der Waals surface area contributed by atoms with Gasteiger partial charge in [-0.15, -0.1) is 24.0 Å². The van der Waals surface area contributed by atoms with Crippen molar-refractivity contribution >= 4 is 35.8 Å². The maximum atomic E-state index is 12.2. The summed E-state index contributed by atoms with van der Waals surface area (Å²) in [7, 11) is 3.38. The Hall–Kier alpha value is -1.56. The van der Waals surface area contributed by atoms with Crippen LogP contribution in [-0.2, 0) is 22.7 Å². The topological polar surface area (TPSA) is 66.0 Å². The Kier molecular flexibility index (Phi) is 11.5. The van der Waals surface area contributed by atoms with Crippen LogP contribution in [0.5, 0.6) is 0 Å². The van der Waals surface area contributed by atoms with E-state index in [1.807, 2.05) is 12.1 Å². The molecule has 1 aliphatic rings. The zero-order chi connectivity index (χ0) is 21.3. The molecule has 1 aromatic carbocycles. The second kappa shape index (κ2) is 13.0. The molecule has 0 atom stereocenters. The zero-order valence-corrected chi connectivity index (χ0v) is 19.6. The summed E-state index contributed by atoms with van der Waals surface area (Å²) in [5.41, 5.74) is 1.63. The fourth-order valence-electron chi connectivity index (χ4n) is 3.34. The molecule has 1 heterocycles. The summed E-state index contributed by atoms with van der Waals surface area (Å²) in [5, 5.41) is 5.97. The van der Waals surface area contributed by atoms with Crippen LogP contribution < -0.4 is 10.6 Å². The Labute approximate surface area is 192 Å². The van der Waals surface area contributed by atoms with Gasteiger partial charge in [-0.1, -0.05) is 24.3 Å². The third-order valence-electron chi connectivity index (χ3n) is 4.86. The molecule has 0 aromatic heterocycles. The number of hydrogen-bond acceptors (Lipinski definition) is 3. The molecule has 0 radical (unpaired) electrons. The summed E-state index contributed by atoms with van der Waals surface area (Å²) in [4.78, 5) is 18.0. The lowest BCUT2D eigenvalue weighted by atomic mass is 9.93. The standard InChI is InChI=1S/C20H29F3N4O2.HI/c1-24-18(28)11-15-6-8-27(9-7-15)19(25-2)26-12-16-4-3-5-17(10-16)13-29-14-20(21,22)23;/h3-5,10,15H,6-9,11-14H2,1-2H3,(H,24,28)(H,25,26);1H. The van der Waals surface area contributed by atoms with E-state index in [0.717, 1.165) is 37.5 Å². The molecule has 0 bridgehead atoms. The number of alkyl halides is 3. The second-order valence-corrected chi connectivity index (χ2v) is 7.14. The fourth-order valence-corrected chi connectivity index (χ4v) is 3.34. The van der Waals surface area contributed by atoms with Crippen LogP contribution >= 0.6 is 24.0 Å². The van der Waals surface area contributed by atoms with Crippen LogP contribution in [-0.4, -0.2) is 56.7 Å². The lowest BCUT2D eigenvalue weighted by Crippen LogP contribution is -2.45. The molecule has 2 N–H and O–H groups in total. The normalized spacial score (nSPS) is 15.5. The average molecular weight is 542 g/mol. The highest BCUT2D eigenvalue weighted by atomic mass is 127. The molecular weight excluding hydrogens is 512 g/mol. The van der Waals surface area contributed by atoms with Crippen molar-refractivity contribution in [3.63, 3.8) is 0 Å². The highest BCUT2D eigenvalue weighted by molar-refractivity contribution is 14.0. The first-order valence-corrected chi connectivity index (χ1v) is 9.69. The van der Waals surface area contributed by atoms with Gasteiger partial charge in [0.05, 0.1) is 6.61 Å². The summed E-state index contributed by atoms with van der Waals surface area (Å²) >= 11 is 0. The molecule has 1 fully saturated rings. The molecule has 0 aliphatic carbocycles. The number of nitrogens with zero attached hydrogens (tertiary/aromatic N) is 2. The molecule has 2 rings (SSSR count). The van der Waals surface area contributed by atoms with E-state index in [-0.39, 0.29) is 36.5 Å². The number of likely N-dealkylation sites (tertiary alicyclic amines) is 1. The van der Waals surface area contributed by atoms with Crippen LogP contribution in [0.4, 0.5) is 13.2 Å². The van der Waals surface area contributed by atoms with Crippen molar-refractivity contribution in [3.8, 4) is 0 Å². The molecule has 1 saturated heterocycles. The SMILES string of the molecule is CN=C(NCc1cccc(COCC(F)(F)F)c1)N1CCC(CC(=O)NC)CC1.I. The van der Waals surface area contributed by atoms with E-state index in [1.54, 1.807) is 26.2 Å². The molecule has 1 aromatic rings. The quantitative estimate of drug-likeness (QED) is 0.316. The number of benzene rings is 1. The number of carbonyl (C=O) groups excluding carboxylic acids is 1. The number of carbonyl (C=O) groups is 1. The maximum absolute atomic E-state index is 12.2. The molecule has 6 nitrogen and oxygen atoms in total. The van der Waals surface area contributed by atoms with E-state index < -0.39 is 12.8 Å². The number of guanidine groups is 1. The monoisotopic (exact) mass is 542 g/mol. The minimum atomic E-state index is -4.32. The number of halogens is 4. The van der Waals surface area contributed by atoms with Gasteiger partial charge in [0.1, 0.15) is 6.61 Å². The largest absolute Gasteiger partial charge is 0.411 e. The van der Waals surface area contributed by atoms with Gasteiger partial charge in [0, 0.05) is 40.2 Å². The van der Waals surface area contributed by atoms with Crippen LogP contribution in [0.2, 0.25) is 0 Å². The predicted molar refractivity (Wildman–Crippen MR) is 121 cm³/mol. The van der Waals surface area contributed by atoms with Crippen molar-refractivity contribution in [3.05, 3.63) is 35.4 Å². The molecule has 0 unspecified atom stereocenters. The molecule has 1 amide bonds. The van der Waals surface area contributed by atoms with Crippen LogP contribution in [0.3, 0.4) is 0 Å². The minimum Gasteiger partial charge on any atom is -0.367 e. The maximum Gasteiger partial charge on any atom is 0.411 e. The Balaban J connectivity index is 0.00000450. The van der Waals surface area contributed by atoms with Gasteiger partial charge in [0.2, 0.25) is 5.91 Å². The highest BCUT2D eigenvalue weighted by Crippen LogP contribution is 2.20. The van der Waals surface area contributed by atoms with Crippen LogP contribution in [0, 0.1) is 5.92 Å². The van der Waals surface area contributed by atoms with Gasteiger partial charge in [-0.2, -0.15) is 13.2 Å². The number of rotatable bonds is 7. The predicted octanol–water partition coefficient (Wildman–Crippen LogP) is 3.31. The molecule has 30 heavy (non-hydrogen) atoms. The second-order valence-electron chi connectivity index (χ2n) is 7.14. The number of nitrogens with one attached hydrogen (secondary N) is 2. The first-order chi connectivity index (χ1) is 13.8. The Morgan fingerprint density at radius 1 is 1.27 bits per heavy atom. The summed E-state index contributed by atoms with van der Waals surface area (Å²) in [6, 6.07) is 7.28. The van der Waals surface area contributed by atoms with Gasteiger partial charge < -0.3 is 20.3 Å². The van der Waals surface area contributed by atoms with Gasteiger partial charge in [-0.3, -0.25) is 9.79 Å². The Morgan fingerprint density at radius 2 is 1.93 bits per heavy atom. The van der Waals surface area contributed by atoms with E-state index in [0.29, 0.717) is 24.4 Å². The number of ether oxygens (including phenoxy) is 1. The molecule has 0 spiro atoms. The summed E-state index contributed by atoms with van der Waals surface area (Å²) in [5.74, 6) is 1.24. The van der Waals surface area contributed by atoms with E-state index >= 15 is 0 Å². The Bertz CT molecular complexity index is 693. The molecule has 10 heteroatoms. The minimum absolute atomic E-state index is 0. The fraction of sp³-hybridized carbons (Fsp3) is 0.600. The third kappa shape index (κ3) is 9.50.